The van der Waals surface area contributed by atoms with E-state index in [-0.39, 0.29) is 16.8 Å². The van der Waals surface area contributed by atoms with Crippen molar-refractivity contribution in [3.63, 3.8) is 0 Å². The van der Waals surface area contributed by atoms with E-state index in [2.05, 4.69) is 16.5 Å². The minimum absolute atomic E-state index is 0.0764. The summed E-state index contributed by atoms with van der Waals surface area (Å²) < 4.78 is 25.8. The molecule has 108 valence electrons. The zero-order chi connectivity index (χ0) is 14.4. The van der Waals surface area contributed by atoms with Gasteiger partial charge in [0.2, 0.25) is 0 Å². The fourth-order valence-electron chi connectivity index (χ4n) is 1.97. The maximum atomic E-state index is 12.9. The normalized spacial score (nSPS) is 19.2. The molecule has 1 aliphatic rings. The third-order valence-corrected chi connectivity index (χ3v) is 3.57. The van der Waals surface area contributed by atoms with E-state index in [1.165, 1.54) is 0 Å². The maximum Gasteiger partial charge on any atom is 0.276 e. The van der Waals surface area contributed by atoms with Crippen LogP contribution in [0.15, 0.2) is 28.5 Å². The molecule has 0 spiro atoms. The topological polar surface area (TPSA) is 15.6 Å². The Morgan fingerprint density at radius 1 is 1.42 bits per heavy atom. The molecule has 1 saturated heterocycles. The lowest BCUT2D eigenvalue weighted by Crippen LogP contribution is -2.19. The average molecular weight is 291 g/mol. The molecule has 5 heteroatoms. The maximum absolute atomic E-state index is 12.9. The van der Waals surface area contributed by atoms with Gasteiger partial charge in [-0.1, -0.05) is 32.0 Å². The van der Waals surface area contributed by atoms with Gasteiger partial charge in [0.25, 0.3) is 6.43 Å². The average Bonchev–Trinajstić information content (AvgIpc) is 2.88. The Hall–Kier alpha value is -0.900. The molecule has 0 aliphatic carbocycles. The highest BCUT2D eigenvalue weighted by molar-refractivity contribution is 6.30. The van der Waals surface area contributed by atoms with E-state index in [0.29, 0.717) is 6.42 Å². The van der Waals surface area contributed by atoms with Crippen LogP contribution in [0.5, 0.6) is 0 Å². The van der Waals surface area contributed by atoms with Gasteiger partial charge in [-0.15, -0.1) is 0 Å². The lowest BCUT2D eigenvalue weighted by Gasteiger charge is -2.17. The predicted molar refractivity (Wildman–Crippen MR) is 76.8 cm³/mol. The number of hydrogen-bond acceptors (Lipinski definition) is 2. The van der Waals surface area contributed by atoms with Gasteiger partial charge in [0.15, 0.2) is 0 Å². The third kappa shape index (κ3) is 4.94. The van der Waals surface area contributed by atoms with E-state index < -0.39 is 6.43 Å². The highest BCUT2D eigenvalue weighted by Gasteiger charge is 2.19. The molecular formula is C14H21ClF2N2. The van der Waals surface area contributed by atoms with Gasteiger partial charge < -0.3 is 4.90 Å². The highest BCUT2D eigenvalue weighted by Crippen LogP contribution is 2.19. The Labute approximate surface area is 118 Å². The fourth-order valence-corrected chi connectivity index (χ4v) is 2.20. The van der Waals surface area contributed by atoms with E-state index in [4.69, 9.17) is 11.6 Å². The molecule has 0 aromatic heterocycles. The number of nitrogens with zero attached hydrogens (tertiary/aromatic N) is 2. The lowest BCUT2D eigenvalue weighted by atomic mass is 10.0. The second-order valence-electron chi connectivity index (χ2n) is 4.80. The van der Waals surface area contributed by atoms with Gasteiger partial charge in [0.1, 0.15) is 5.16 Å². The van der Waals surface area contributed by atoms with Gasteiger partial charge >= 0.3 is 0 Å². The predicted octanol–water partition coefficient (Wildman–Crippen LogP) is 4.43. The zero-order valence-electron chi connectivity index (χ0n) is 11.5. The number of halogens is 3. The van der Waals surface area contributed by atoms with Crippen LogP contribution in [-0.2, 0) is 0 Å². The summed E-state index contributed by atoms with van der Waals surface area (Å²) in [5, 5.41) is 0.0764. The zero-order valence-corrected chi connectivity index (χ0v) is 12.3. The molecule has 0 saturated carbocycles. The van der Waals surface area contributed by atoms with Crippen LogP contribution in [0.2, 0.25) is 0 Å². The molecule has 1 aliphatic heterocycles. The van der Waals surface area contributed by atoms with Crippen molar-refractivity contribution >= 4 is 17.3 Å². The first-order valence-corrected chi connectivity index (χ1v) is 7.01. The SMILES string of the molecule is C=C(/C=C(Cl)\N=C(\C(F)F)C(C)CC)N1CCCC1. The number of likely N-dealkylation sites (tertiary alicyclic amines) is 1. The Morgan fingerprint density at radius 3 is 2.47 bits per heavy atom. The van der Waals surface area contributed by atoms with Crippen LogP contribution in [0, 0.1) is 5.92 Å². The molecule has 1 atom stereocenters. The number of aliphatic imine (C=N–C) groups is 1. The van der Waals surface area contributed by atoms with Crippen LogP contribution in [-0.4, -0.2) is 30.1 Å². The smallest absolute Gasteiger partial charge is 0.276 e. The fraction of sp³-hybridized carbons (Fsp3) is 0.643. The second kappa shape index (κ2) is 7.63. The molecule has 0 amide bonds. The van der Waals surface area contributed by atoms with Gasteiger partial charge in [0, 0.05) is 18.8 Å². The van der Waals surface area contributed by atoms with Crippen LogP contribution in [0.25, 0.3) is 0 Å². The molecule has 1 fully saturated rings. The minimum atomic E-state index is -2.57. The van der Waals surface area contributed by atoms with Gasteiger partial charge in [-0.05, 0) is 31.3 Å². The molecular weight excluding hydrogens is 270 g/mol. The molecule has 19 heavy (non-hydrogen) atoms. The van der Waals surface area contributed by atoms with E-state index in [1.807, 2.05) is 6.92 Å². The standard InChI is InChI=1S/C14H21ClF2N2/c1-4-10(2)13(14(16)17)18-12(15)9-11(3)19-7-5-6-8-19/h9-10,14H,3-8H2,1-2H3/b12-9-,18-13+. The summed E-state index contributed by atoms with van der Waals surface area (Å²) in [4.78, 5) is 5.95. The van der Waals surface area contributed by atoms with E-state index in [9.17, 15) is 8.78 Å². The summed E-state index contributed by atoms with van der Waals surface area (Å²) in [7, 11) is 0. The summed E-state index contributed by atoms with van der Waals surface area (Å²) in [6.07, 6.45) is 1.86. The monoisotopic (exact) mass is 290 g/mol. The van der Waals surface area contributed by atoms with Crippen molar-refractivity contribution in [2.45, 2.75) is 39.5 Å². The highest BCUT2D eigenvalue weighted by atomic mass is 35.5. The van der Waals surface area contributed by atoms with Gasteiger partial charge in [-0.2, -0.15) is 0 Å². The van der Waals surface area contributed by atoms with Crippen LogP contribution >= 0.6 is 11.6 Å². The molecule has 2 nitrogen and oxygen atoms in total. The van der Waals surface area contributed by atoms with Gasteiger partial charge in [-0.25, -0.2) is 13.8 Å². The lowest BCUT2D eigenvalue weighted by molar-refractivity contribution is 0.218. The molecule has 1 heterocycles. The van der Waals surface area contributed by atoms with Gasteiger partial charge in [-0.3, -0.25) is 0 Å². The quantitative estimate of drug-likeness (QED) is 0.401. The number of allylic oxidation sites excluding steroid dienone is 1. The summed E-state index contributed by atoms with van der Waals surface area (Å²) in [5.74, 6) is -0.276. The summed E-state index contributed by atoms with van der Waals surface area (Å²) in [6, 6.07) is 0. The Balaban J connectivity index is 2.78. The minimum Gasteiger partial charge on any atom is -0.372 e. The van der Waals surface area contributed by atoms with E-state index in [1.54, 1.807) is 13.0 Å². The van der Waals surface area contributed by atoms with Crippen molar-refractivity contribution in [1.82, 2.24) is 4.90 Å². The van der Waals surface area contributed by atoms with Crippen LogP contribution < -0.4 is 0 Å². The molecule has 1 rings (SSSR count). The number of rotatable bonds is 6. The molecule has 1 unspecified atom stereocenters. The van der Waals surface area contributed by atoms with Crippen molar-refractivity contribution in [2.24, 2.45) is 10.9 Å². The summed E-state index contributed by atoms with van der Waals surface area (Å²) in [6.45, 7) is 9.36. The largest absolute Gasteiger partial charge is 0.372 e. The Morgan fingerprint density at radius 2 is 2.00 bits per heavy atom. The third-order valence-electron chi connectivity index (χ3n) is 3.37. The van der Waals surface area contributed by atoms with E-state index in [0.717, 1.165) is 31.6 Å². The first-order valence-electron chi connectivity index (χ1n) is 6.63. The summed E-state index contributed by atoms with van der Waals surface area (Å²) >= 11 is 5.95. The molecule has 0 N–H and O–H groups in total. The van der Waals surface area contributed by atoms with E-state index >= 15 is 0 Å². The Kier molecular flexibility index (Phi) is 6.49. The van der Waals surface area contributed by atoms with Crippen molar-refractivity contribution in [1.29, 1.82) is 0 Å². The first-order chi connectivity index (χ1) is 8.95. The van der Waals surface area contributed by atoms with Crippen molar-refractivity contribution < 1.29 is 8.78 Å². The molecule has 0 aromatic carbocycles. The Bertz CT molecular complexity index is 372. The van der Waals surface area contributed by atoms with Crippen molar-refractivity contribution in [3.05, 3.63) is 23.5 Å². The molecule has 0 radical (unpaired) electrons. The molecule has 0 aromatic rings. The van der Waals surface area contributed by atoms with Crippen molar-refractivity contribution in [3.8, 4) is 0 Å². The first kappa shape index (κ1) is 16.2. The second-order valence-corrected chi connectivity index (χ2v) is 5.19. The molecule has 0 bridgehead atoms. The number of alkyl halides is 2. The van der Waals surface area contributed by atoms with Gasteiger partial charge in [0.05, 0.1) is 5.71 Å². The number of hydrogen-bond donors (Lipinski definition) is 0. The van der Waals surface area contributed by atoms with Crippen molar-refractivity contribution in [2.75, 3.05) is 13.1 Å². The van der Waals surface area contributed by atoms with Crippen LogP contribution in [0.4, 0.5) is 8.78 Å². The summed E-state index contributed by atoms with van der Waals surface area (Å²) in [5.41, 5.74) is 0.585. The van der Waals surface area contributed by atoms with Crippen LogP contribution in [0.1, 0.15) is 33.1 Å². The van der Waals surface area contributed by atoms with Crippen LogP contribution in [0.3, 0.4) is 0 Å².